The van der Waals surface area contributed by atoms with E-state index in [1.54, 1.807) is 0 Å². The van der Waals surface area contributed by atoms with Crippen LogP contribution in [0.4, 0.5) is 0 Å². The van der Waals surface area contributed by atoms with Gasteiger partial charge in [-0.05, 0) is 101 Å². The summed E-state index contributed by atoms with van der Waals surface area (Å²) in [5.74, 6) is 0. The van der Waals surface area contributed by atoms with Crippen LogP contribution in [0.2, 0.25) is 0 Å². The standard InChI is InChI=1S/C47H32S/c1-47(2)41-25-24-32(26-38(41)39-28-44-40(27-42(39)47)33-14-10-11-19-43(33)48-44)29-20-22-31(23-21-29)46-36-17-8-6-15-34(36)45(30-12-4-3-5-13-30)35-16-7-9-18-37(35)46/h3-28H,1-2H3. The summed E-state index contributed by atoms with van der Waals surface area (Å²) >= 11 is 1.90. The smallest absolute Gasteiger partial charge is 0.0361 e. The predicted octanol–water partition coefficient (Wildman–Crippen LogP) is 13.7. The Kier molecular flexibility index (Phi) is 5.89. The van der Waals surface area contributed by atoms with Crippen LogP contribution < -0.4 is 0 Å². The van der Waals surface area contributed by atoms with Gasteiger partial charge in [-0.1, -0.05) is 147 Å². The van der Waals surface area contributed by atoms with Gasteiger partial charge >= 0.3 is 0 Å². The Balaban J connectivity index is 1.11. The zero-order valence-corrected chi connectivity index (χ0v) is 27.7. The van der Waals surface area contributed by atoms with Crippen molar-refractivity contribution in [2.45, 2.75) is 19.3 Å². The van der Waals surface area contributed by atoms with E-state index in [4.69, 9.17) is 0 Å². The van der Waals surface area contributed by atoms with Gasteiger partial charge in [0.15, 0.2) is 0 Å². The first-order valence-corrected chi connectivity index (χ1v) is 17.6. The number of rotatable bonds is 3. The summed E-state index contributed by atoms with van der Waals surface area (Å²) in [4.78, 5) is 0. The van der Waals surface area contributed by atoms with Crippen LogP contribution >= 0.6 is 11.3 Å². The second kappa shape index (κ2) is 10.2. The van der Waals surface area contributed by atoms with Gasteiger partial charge in [-0.15, -0.1) is 11.3 Å². The normalized spacial score (nSPS) is 13.4. The van der Waals surface area contributed by atoms with Gasteiger partial charge in [0.2, 0.25) is 0 Å². The van der Waals surface area contributed by atoms with E-state index in [0.29, 0.717) is 0 Å². The molecule has 0 saturated heterocycles. The highest BCUT2D eigenvalue weighted by molar-refractivity contribution is 7.25. The van der Waals surface area contributed by atoms with Crippen LogP contribution in [-0.4, -0.2) is 0 Å². The first-order chi connectivity index (χ1) is 23.6. The Morgan fingerprint density at radius 1 is 0.354 bits per heavy atom. The lowest BCUT2D eigenvalue weighted by Crippen LogP contribution is -2.14. The Hall–Kier alpha value is -5.50. The Morgan fingerprint density at radius 2 is 0.854 bits per heavy atom. The van der Waals surface area contributed by atoms with Gasteiger partial charge < -0.3 is 0 Å². The van der Waals surface area contributed by atoms with Crippen LogP contribution in [0.1, 0.15) is 25.0 Å². The van der Waals surface area contributed by atoms with Crippen molar-refractivity contribution in [2.75, 3.05) is 0 Å². The van der Waals surface area contributed by atoms with Crippen LogP contribution in [0.5, 0.6) is 0 Å². The fourth-order valence-corrected chi connectivity index (χ4v) is 9.46. The molecule has 0 spiro atoms. The summed E-state index contributed by atoms with van der Waals surface area (Å²) in [5, 5.41) is 7.88. The van der Waals surface area contributed by atoms with Gasteiger partial charge in [0.1, 0.15) is 0 Å². The summed E-state index contributed by atoms with van der Waals surface area (Å²) < 4.78 is 2.73. The highest BCUT2D eigenvalue weighted by Crippen LogP contribution is 2.52. The maximum Gasteiger partial charge on any atom is 0.0361 e. The summed E-state index contributed by atoms with van der Waals surface area (Å²) in [6.45, 7) is 4.76. The second-order valence-electron chi connectivity index (χ2n) is 13.7. The number of thiophene rings is 1. The molecule has 226 valence electrons. The molecule has 1 aromatic heterocycles. The summed E-state index contributed by atoms with van der Waals surface area (Å²) in [5.41, 5.74) is 13.1. The van der Waals surface area contributed by atoms with Crippen molar-refractivity contribution < 1.29 is 0 Å². The van der Waals surface area contributed by atoms with Gasteiger partial charge in [-0.2, -0.15) is 0 Å². The van der Waals surface area contributed by atoms with Crippen molar-refractivity contribution in [3.8, 4) is 44.5 Å². The minimum absolute atomic E-state index is 0.0433. The lowest BCUT2D eigenvalue weighted by atomic mass is 9.81. The van der Waals surface area contributed by atoms with Crippen molar-refractivity contribution in [3.05, 3.63) is 169 Å². The quantitative estimate of drug-likeness (QED) is 0.171. The van der Waals surface area contributed by atoms with E-state index in [-0.39, 0.29) is 5.41 Å². The molecule has 0 unspecified atom stereocenters. The van der Waals surface area contributed by atoms with Crippen LogP contribution in [0.15, 0.2) is 158 Å². The fraction of sp³-hybridized carbons (Fsp3) is 0.0638. The molecule has 0 nitrogen and oxygen atoms in total. The van der Waals surface area contributed by atoms with Gasteiger partial charge in [0, 0.05) is 25.6 Å². The van der Waals surface area contributed by atoms with E-state index in [9.17, 15) is 0 Å². The van der Waals surface area contributed by atoms with Crippen LogP contribution in [0.25, 0.3) is 86.2 Å². The monoisotopic (exact) mass is 628 g/mol. The summed E-state index contributed by atoms with van der Waals surface area (Å²) in [6.07, 6.45) is 0. The molecule has 0 N–H and O–H groups in total. The fourth-order valence-electron chi connectivity index (χ4n) is 8.33. The lowest BCUT2D eigenvalue weighted by molar-refractivity contribution is 0.661. The molecule has 8 aromatic carbocycles. The number of hydrogen-bond donors (Lipinski definition) is 0. The molecule has 0 fully saturated rings. The first kappa shape index (κ1) is 27.6. The Morgan fingerprint density at radius 3 is 1.50 bits per heavy atom. The minimum atomic E-state index is -0.0433. The van der Waals surface area contributed by atoms with Crippen LogP contribution in [0, 0.1) is 0 Å². The molecule has 1 heteroatoms. The highest BCUT2D eigenvalue weighted by Gasteiger charge is 2.36. The van der Waals surface area contributed by atoms with E-state index in [0.717, 1.165) is 0 Å². The van der Waals surface area contributed by atoms with Crippen LogP contribution in [0.3, 0.4) is 0 Å². The molecule has 0 aliphatic heterocycles. The largest absolute Gasteiger partial charge is 0.135 e. The third-order valence-corrected chi connectivity index (χ3v) is 11.8. The van der Waals surface area contributed by atoms with Crippen molar-refractivity contribution in [1.82, 2.24) is 0 Å². The Labute approximate surface area is 284 Å². The number of hydrogen-bond acceptors (Lipinski definition) is 1. The van der Waals surface area contributed by atoms with Gasteiger partial charge in [-0.3, -0.25) is 0 Å². The zero-order valence-electron chi connectivity index (χ0n) is 26.9. The average molecular weight is 629 g/mol. The van der Waals surface area contributed by atoms with Gasteiger partial charge in [-0.25, -0.2) is 0 Å². The first-order valence-electron chi connectivity index (χ1n) is 16.8. The van der Waals surface area contributed by atoms with Crippen molar-refractivity contribution >= 4 is 53.1 Å². The minimum Gasteiger partial charge on any atom is -0.135 e. The molecule has 1 aliphatic rings. The molecule has 0 atom stereocenters. The highest BCUT2D eigenvalue weighted by atomic mass is 32.1. The van der Waals surface area contributed by atoms with E-state index >= 15 is 0 Å². The molecule has 0 radical (unpaired) electrons. The molecule has 1 aliphatic carbocycles. The molecular weight excluding hydrogens is 597 g/mol. The van der Waals surface area contributed by atoms with E-state index < -0.39 is 0 Å². The maximum absolute atomic E-state index is 2.47. The second-order valence-corrected chi connectivity index (χ2v) is 14.7. The topological polar surface area (TPSA) is 0 Å². The SMILES string of the molecule is CC1(C)c2ccc(-c3ccc(-c4c5ccccc5c(-c5ccccc5)c5ccccc45)cc3)cc2-c2cc3sc4ccccc4c3cc21. The molecule has 10 rings (SSSR count). The van der Waals surface area contributed by atoms with E-state index in [2.05, 4.69) is 172 Å². The van der Waals surface area contributed by atoms with Crippen LogP contribution in [-0.2, 0) is 5.41 Å². The molecule has 0 saturated carbocycles. The molecular formula is C47H32S. The van der Waals surface area contributed by atoms with Crippen molar-refractivity contribution in [1.29, 1.82) is 0 Å². The predicted molar refractivity (Wildman–Crippen MR) is 208 cm³/mol. The summed E-state index contributed by atoms with van der Waals surface area (Å²) in [6, 6.07) is 58.7. The average Bonchev–Trinajstić information content (AvgIpc) is 3.61. The maximum atomic E-state index is 2.47. The third-order valence-electron chi connectivity index (χ3n) is 10.7. The third kappa shape index (κ3) is 3.95. The molecule has 0 bridgehead atoms. The van der Waals surface area contributed by atoms with Crippen molar-refractivity contribution in [2.24, 2.45) is 0 Å². The summed E-state index contributed by atoms with van der Waals surface area (Å²) in [7, 11) is 0. The number of fused-ring (bicyclic) bond motifs is 8. The molecule has 1 heterocycles. The van der Waals surface area contributed by atoms with E-state index in [1.165, 1.54) is 97.4 Å². The van der Waals surface area contributed by atoms with E-state index in [1.807, 2.05) is 11.3 Å². The molecule has 9 aromatic rings. The van der Waals surface area contributed by atoms with Crippen molar-refractivity contribution in [3.63, 3.8) is 0 Å². The molecule has 48 heavy (non-hydrogen) atoms. The zero-order chi connectivity index (χ0) is 32.0. The van der Waals surface area contributed by atoms with Gasteiger partial charge in [0.05, 0.1) is 0 Å². The number of benzene rings is 8. The Bertz CT molecular complexity index is 2670. The molecule has 0 amide bonds. The van der Waals surface area contributed by atoms with Gasteiger partial charge in [0.25, 0.3) is 0 Å². The lowest BCUT2D eigenvalue weighted by Gasteiger charge is -2.21.